The molecule has 78 valence electrons. The van der Waals surface area contributed by atoms with Crippen LogP contribution in [-0.2, 0) is 0 Å². The third-order valence-electron chi connectivity index (χ3n) is 2.74. The normalized spacial score (nSPS) is 16.8. The van der Waals surface area contributed by atoms with Crippen molar-refractivity contribution in [3.63, 3.8) is 0 Å². The average molecular weight is 203 g/mol. The van der Waals surface area contributed by atoms with Gasteiger partial charge in [0, 0.05) is 11.4 Å². The van der Waals surface area contributed by atoms with E-state index in [9.17, 15) is 0 Å². The number of benzene rings is 1. The molecule has 1 saturated carbocycles. The van der Waals surface area contributed by atoms with E-state index in [-0.39, 0.29) is 12.1 Å². The van der Waals surface area contributed by atoms with Crippen molar-refractivity contribution in [3.8, 4) is 6.07 Å². The molecule has 0 amide bonds. The molecule has 0 aromatic heterocycles. The summed E-state index contributed by atoms with van der Waals surface area (Å²) >= 11 is 0. The van der Waals surface area contributed by atoms with Gasteiger partial charge in [-0.2, -0.15) is 5.26 Å². The molecule has 1 aliphatic carbocycles. The van der Waals surface area contributed by atoms with Crippen LogP contribution in [0.5, 0.6) is 0 Å². The third kappa shape index (κ3) is 1.88. The van der Waals surface area contributed by atoms with Gasteiger partial charge in [0.05, 0.1) is 17.7 Å². The van der Waals surface area contributed by atoms with Crippen LogP contribution in [0.4, 0.5) is 11.4 Å². The van der Waals surface area contributed by atoms with Crippen molar-refractivity contribution in [3.05, 3.63) is 23.8 Å². The van der Waals surface area contributed by atoms with Crippen LogP contribution in [0.25, 0.3) is 0 Å². The molecule has 1 aromatic carbocycles. The maximum atomic E-state index is 9.15. The van der Waals surface area contributed by atoms with Crippen LogP contribution in [0.3, 0.4) is 0 Å². The Balaban J connectivity index is 2.20. The number of anilines is 2. The Morgan fingerprint density at radius 1 is 1.53 bits per heavy atom. The Kier molecular flexibility index (Phi) is 2.25. The maximum absolute atomic E-state index is 9.15. The quantitative estimate of drug-likeness (QED) is 0.642. The summed E-state index contributed by atoms with van der Waals surface area (Å²) in [6, 6.07) is 7.27. The molecule has 0 bridgehead atoms. The first-order chi connectivity index (χ1) is 7.19. The van der Waals surface area contributed by atoms with Crippen LogP contribution in [0.1, 0.15) is 18.4 Å². The van der Waals surface area contributed by atoms with E-state index in [1.165, 1.54) is 0 Å². The Hall–Kier alpha value is -1.73. The molecule has 0 radical (unpaired) electrons. The molecule has 0 heterocycles. The van der Waals surface area contributed by atoms with Crippen LogP contribution in [0.15, 0.2) is 18.2 Å². The van der Waals surface area contributed by atoms with E-state index >= 15 is 0 Å². The predicted octanol–water partition coefficient (Wildman–Crippen LogP) is 1.08. The Morgan fingerprint density at radius 3 is 2.80 bits per heavy atom. The highest BCUT2D eigenvalue weighted by atomic mass is 16.3. The first-order valence-corrected chi connectivity index (χ1v) is 4.88. The van der Waals surface area contributed by atoms with Gasteiger partial charge in [0.15, 0.2) is 0 Å². The number of hydrogen-bond acceptors (Lipinski definition) is 4. The first kappa shape index (κ1) is 9.81. The van der Waals surface area contributed by atoms with E-state index < -0.39 is 0 Å². The van der Waals surface area contributed by atoms with Gasteiger partial charge in [-0.15, -0.1) is 0 Å². The molecule has 4 N–H and O–H groups in total. The molecular formula is C11H13N3O. The van der Waals surface area contributed by atoms with E-state index in [0.717, 1.165) is 18.5 Å². The second-order valence-corrected chi connectivity index (χ2v) is 3.98. The smallest absolute Gasteiger partial charge is 0.101 e. The molecule has 0 atom stereocenters. The highest BCUT2D eigenvalue weighted by Gasteiger charge is 2.41. The number of nitrogens with one attached hydrogen (secondary N) is 1. The summed E-state index contributed by atoms with van der Waals surface area (Å²) in [6.07, 6.45) is 1.94. The lowest BCUT2D eigenvalue weighted by atomic mass is 10.1. The van der Waals surface area contributed by atoms with Crippen molar-refractivity contribution in [1.29, 1.82) is 5.26 Å². The Morgan fingerprint density at radius 2 is 2.27 bits per heavy atom. The summed E-state index contributed by atoms with van der Waals surface area (Å²) < 4.78 is 0. The molecule has 1 aromatic rings. The molecule has 15 heavy (non-hydrogen) atoms. The summed E-state index contributed by atoms with van der Waals surface area (Å²) in [4.78, 5) is 0. The van der Waals surface area contributed by atoms with Gasteiger partial charge >= 0.3 is 0 Å². The number of hydrogen-bond donors (Lipinski definition) is 3. The average Bonchev–Trinajstić information content (AvgIpc) is 3.02. The van der Waals surface area contributed by atoms with Gasteiger partial charge in [-0.1, -0.05) is 0 Å². The number of nitrogen functional groups attached to an aromatic ring is 1. The largest absolute Gasteiger partial charge is 0.398 e. The number of nitriles is 1. The van der Waals surface area contributed by atoms with Crippen molar-refractivity contribution in [2.45, 2.75) is 18.4 Å². The van der Waals surface area contributed by atoms with Crippen molar-refractivity contribution in [1.82, 2.24) is 0 Å². The molecule has 4 heteroatoms. The number of rotatable bonds is 3. The second kappa shape index (κ2) is 3.44. The van der Waals surface area contributed by atoms with Crippen molar-refractivity contribution < 1.29 is 5.11 Å². The van der Waals surface area contributed by atoms with E-state index in [4.69, 9.17) is 16.1 Å². The van der Waals surface area contributed by atoms with Crippen molar-refractivity contribution >= 4 is 11.4 Å². The van der Waals surface area contributed by atoms with Crippen LogP contribution in [0, 0.1) is 11.3 Å². The summed E-state index contributed by atoms with van der Waals surface area (Å²) in [5.74, 6) is 0. The fourth-order valence-corrected chi connectivity index (χ4v) is 1.51. The predicted molar refractivity (Wildman–Crippen MR) is 58.2 cm³/mol. The number of nitrogens with two attached hydrogens (primary N) is 1. The minimum Gasteiger partial charge on any atom is -0.398 e. The van der Waals surface area contributed by atoms with E-state index in [0.29, 0.717) is 11.3 Å². The fourth-order valence-electron chi connectivity index (χ4n) is 1.51. The minimum absolute atomic E-state index is 0.124. The molecule has 0 saturated heterocycles. The topological polar surface area (TPSA) is 82.1 Å². The summed E-state index contributed by atoms with van der Waals surface area (Å²) in [5.41, 5.74) is 7.24. The highest BCUT2D eigenvalue weighted by Crippen LogP contribution is 2.38. The van der Waals surface area contributed by atoms with Crippen molar-refractivity contribution in [2.75, 3.05) is 17.7 Å². The Labute approximate surface area is 88.3 Å². The standard InChI is InChI=1S/C11H13N3O/c12-6-8-5-9(1-2-10(8)13)14-11(7-15)3-4-11/h1-2,5,14-15H,3-4,7,13H2. The van der Waals surface area contributed by atoms with Crippen LogP contribution >= 0.6 is 0 Å². The van der Waals surface area contributed by atoms with Gasteiger partial charge in [0.2, 0.25) is 0 Å². The zero-order valence-corrected chi connectivity index (χ0v) is 8.33. The van der Waals surface area contributed by atoms with Gasteiger partial charge in [-0.3, -0.25) is 0 Å². The fraction of sp³-hybridized carbons (Fsp3) is 0.364. The van der Waals surface area contributed by atoms with Crippen LogP contribution in [0.2, 0.25) is 0 Å². The molecule has 0 spiro atoms. The van der Waals surface area contributed by atoms with Gasteiger partial charge in [-0.25, -0.2) is 0 Å². The third-order valence-corrected chi connectivity index (χ3v) is 2.74. The molecule has 0 aliphatic heterocycles. The zero-order valence-electron chi connectivity index (χ0n) is 8.33. The van der Waals surface area contributed by atoms with E-state index in [1.807, 2.05) is 12.1 Å². The van der Waals surface area contributed by atoms with Crippen molar-refractivity contribution in [2.24, 2.45) is 0 Å². The highest BCUT2D eigenvalue weighted by molar-refractivity contribution is 5.62. The maximum Gasteiger partial charge on any atom is 0.101 e. The summed E-state index contributed by atoms with van der Waals surface area (Å²) in [6.45, 7) is 0.124. The van der Waals surface area contributed by atoms with E-state index in [2.05, 4.69) is 5.32 Å². The first-order valence-electron chi connectivity index (χ1n) is 4.88. The molecular weight excluding hydrogens is 190 g/mol. The second-order valence-electron chi connectivity index (χ2n) is 3.98. The Bertz CT molecular complexity index is 418. The lowest BCUT2D eigenvalue weighted by molar-refractivity contribution is 0.266. The molecule has 0 unspecified atom stereocenters. The molecule has 2 rings (SSSR count). The number of aliphatic hydroxyl groups excluding tert-OH is 1. The van der Waals surface area contributed by atoms with Gasteiger partial charge in [0.25, 0.3) is 0 Å². The van der Waals surface area contributed by atoms with Gasteiger partial charge in [0.1, 0.15) is 6.07 Å². The SMILES string of the molecule is N#Cc1cc(NC2(CO)CC2)ccc1N. The molecule has 1 fully saturated rings. The van der Waals surface area contributed by atoms with Crippen LogP contribution < -0.4 is 11.1 Å². The molecule has 4 nitrogen and oxygen atoms in total. The summed E-state index contributed by atoms with van der Waals surface area (Å²) in [7, 11) is 0. The minimum atomic E-state index is -0.164. The number of aliphatic hydroxyl groups is 1. The van der Waals surface area contributed by atoms with Gasteiger partial charge in [-0.05, 0) is 31.0 Å². The lowest BCUT2D eigenvalue weighted by Crippen LogP contribution is -2.25. The van der Waals surface area contributed by atoms with Crippen LogP contribution in [-0.4, -0.2) is 17.3 Å². The number of nitrogens with zero attached hydrogens (tertiary/aromatic N) is 1. The summed E-state index contributed by atoms with van der Waals surface area (Å²) in [5, 5.41) is 21.2. The zero-order chi connectivity index (χ0) is 10.9. The van der Waals surface area contributed by atoms with Gasteiger partial charge < -0.3 is 16.2 Å². The van der Waals surface area contributed by atoms with E-state index in [1.54, 1.807) is 12.1 Å². The lowest BCUT2D eigenvalue weighted by Gasteiger charge is -2.16. The monoisotopic (exact) mass is 203 g/mol. The molecule has 1 aliphatic rings.